The SMILES string of the molecule is CCOC1(OCC)CCN(C2CC[CH]CC2)CC1. The van der Waals surface area contributed by atoms with Crippen LogP contribution in [0.1, 0.15) is 52.4 Å². The number of hydrogen-bond donors (Lipinski definition) is 0. The number of hydrogen-bond acceptors (Lipinski definition) is 3. The van der Waals surface area contributed by atoms with Gasteiger partial charge in [0.05, 0.1) is 0 Å². The van der Waals surface area contributed by atoms with Crippen LogP contribution in [0.25, 0.3) is 0 Å². The second-order valence-corrected chi connectivity index (χ2v) is 5.41. The maximum absolute atomic E-state index is 5.89. The fourth-order valence-electron chi connectivity index (χ4n) is 3.36. The lowest BCUT2D eigenvalue weighted by Gasteiger charge is -2.44. The van der Waals surface area contributed by atoms with E-state index in [0.29, 0.717) is 0 Å². The van der Waals surface area contributed by atoms with Crippen LogP contribution in [0.4, 0.5) is 0 Å². The normalized spacial score (nSPS) is 26.3. The summed E-state index contributed by atoms with van der Waals surface area (Å²) in [6.07, 6.45) is 9.76. The molecule has 105 valence electrons. The lowest BCUT2D eigenvalue weighted by atomic mass is 9.91. The molecule has 0 atom stereocenters. The summed E-state index contributed by atoms with van der Waals surface area (Å²) in [6.45, 7) is 7.88. The molecule has 0 bridgehead atoms. The van der Waals surface area contributed by atoms with E-state index in [1.165, 1.54) is 25.7 Å². The minimum Gasteiger partial charge on any atom is -0.350 e. The molecule has 2 rings (SSSR count). The van der Waals surface area contributed by atoms with Crippen LogP contribution < -0.4 is 0 Å². The zero-order valence-corrected chi connectivity index (χ0v) is 12.0. The van der Waals surface area contributed by atoms with Crippen LogP contribution in [0, 0.1) is 6.42 Å². The first-order valence-electron chi connectivity index (χ1n) is 7.63. The Balaban J connectivity index is 1.84. The third-order valence-corrected chi connectivity index (χ3v) is 4.30. The zero-order valence-electron chi connectivity index (χ0n) is 12.0. The van der Waals surface area contributed by atoms with Crippen molar-refractivity contribution in [1.29, 1.82) is 0 Å². The largest absolute Gasteiger partial charge is 0.350 e. The van der Waals surface area contributed by atoms with Crippen molar-refractivity contribution in [2.75, 3.05) is 26.3 Å². The van der Waals surface area contributed by atoms with Gasteiger partial charge in [0.2, 0.25) is 0 Å². The second kappa shape index (κ2) is 6.88. The topological polar surface area (TPSA) is 21.7 Å². The smallest absolute Gasteiger partial charge is 0.170 e. The van der Waals surface area contributed by atoms with Gasteiger partial charge in [-0.2, -0.15) is 0 Å². The Hall–Kier alpha value is -0.120. The van der Waals surface area contributed by atoms with Crippen molar-refractivity contribution in [3.05, 3.63) is 6.42 Å². The van der Waals surface area contributed by atoms with E-state index < -0.39 is 0 Å². The predicted octanol–water partition coefficient (Wildman–Crippen LogP) is 3.00. The van der Waals surface area contributed by atoms with Crippen LogP contribution in [-0.4, -0.2) is 43.0 Å². The number of nitrogens with zero attached hydrogens (tertiary/aromatic N) is 1. The van der Waals surface area contributed by atoms with Gasteiger partial charge in [0.25, 0.3) is 0 Å². The third-order valence-electron chi connectivity index (χ3n) is 4.30. The Morgan fingerprint density at radius 1 is 1.06 bits per heavy atom. The van der Waals surface area contributed by atoms with E-state index in [1.54, 1.807) is 0 Å². The fraction of sp³-hybridized carbons (Fsp3) is 0.933. The van der Waals surface area contributed by atoms with Gasteiger partial charge in [0.15, 0.2) is 5.79 Å². The van der Waals surface area contributed by atoms with Crippen LogP contribution in [0.2, 0.25) is 0 Å². The molecule has 18 heavy (non-hydrogen) atoms. The maximum atomic E-state index is 5.89. The summed E-state index contributed by atoms with van der Waals surface area (Å²) in [5.74, 6) is -0.291. The Labute approximate surface area is 112 Å². The van der Waals surface area contributed by atoms with Crippen LogP contribution in [0.3, 0.4) is 0 Å². The zero-order chi connectivity index (χ0) is 12.8. The van der Waals surface area contributed by atoms with Crippen LogP contribution in [-0.2, 0) is 9.47 Å². The fourth-order valence-corrected chi connectivity index (χ4v) is 3.36. The quantitative estimate of drug-likeness (QED) is 0.704. The highest BCUT2D eigenvalue weighted by Crippen LogP contribution is 2.31. The van der Waals surface area contributed by atoms with Crippen molar-refractivity contribution in [2.45, 2.75) is 64.2 Å². The van der Waals surface area contributed by atoms with Gasteiger partial charge in [0.1, 0.15) is 0 Å². The molecule has 2 fully saturated rings. The monoisotopic (exact) mass is 254 g/mol. The van der Waals surface area contributed by atoms with Gasteiger partial charge in [0, 0.05) is 45.2 Å². The Bertz CT molecular complexity index is 223. The van der Waals surface area contributed by atoms with Crippen LogP contribution in [0.5, 0.6) is 0 Å². The molecule has 3 heteroatoms. The van der Waals surface area contributed by atoms with E-state index in [2.05, 4.69) is 25.2 Å². The molecule has 1 saturated heterocycles. The summed E-state index contributed by atoms with van der Waals surface area (Å²) in [6, 6.07) is 0.802. The second-order valence-electron chi connectivity index (χ2n) is 5.41. The summed E-state index contributed by atoms with van der Waals surface area (Å²) in [4.78, 5) is 2.66. The van der Waals surface area contributed by atoms with Crippen molar-refractivity contribution < 1.29 is 9.47 Å². The van der Waals surface area contributed by atoms with E-state index in [9.17, 15) is 0 Å². The van der Waals surface area contributed by atoms with Gasteiger partial charge in [-0.15, -0.1) is 0 Å². The van der Waals surface area contributed by atoms with Gasteiger partial charge >= 0.3 is 0 Å². The summed E-state index contributed by atoms with van der Waals surface area (Å²) in [7, 11) is 0. The number of likely N-dealkylation sites (tertiary alicyclic amines) is 1. The number of ether oxygens (including phenoxy) is 2. The minimum atomic E-state index is -0.291. The molecule has 1 aliphatic heterocycles. The molecule has 0 spiro atoms. The molecular formula is C15H28NO2. The Kier molecular flexibility index (Phi) is 5.46. The van der Waals surface area contributed by atoms with Gasteiger partial charge in [-0.05, 0) is 46.0 Å². The predicted molar refractivity (Wildman–Crippen MR) is 73.3 cm³/mol. The van der Waals surface area contributed by atoms with Crippen LogP contribution in [0.15, 0.2) is 0 Å². The molecular weight excluding hydrogens is 226 g/mol. The average Bonchev–Trinajstić information content (AvgIpc) is 2.41. The first-order valence-corrected chi connectivity index (χ1v) is 7.63. The van der Waals surface area contributed by atoms with Crippen LogP contribution >= 0.6 is 0 Å². The van der Waals surface area contributed by atoms with E-state index >= 15 is 0 Å². The first kappa shape index (κ1) is 14.3. The minimum absolute atomic E-state index is 0.291. The van der Waals surface area contributed by atoms with E-state index in [-0.39, 0.29) is 5.79 Å². The Morgan fingerprint density at radius 3 is 2.11 bits per heavy atom. The van der Waals surface area contributed by atoms with Crippen molar-refractivity contribution in [3.8, 4) is 0 Å². The van der Waals surface area contributed by atoms with Gasteiger partial charge < -0.3 is 9.47 Å². The summed E-state index contributed by atoms with van der Waals surface area (Å²) in [5.41, 5.74) is 0. The highest BCUT2D eigenvalue weighted by atomic mass is 16.7. The molecule has 0 aromatic rings. The molecule has 0 N–H and O–H groups in total. The van der Waals surface area contributed by atoms with Crippen molar-refractivity contribution in [1.82, 2.24) is 4.90 Å². The van der Waals surface area contributed by atoms with E-state index in [0.717, 1.165) is 45.2 Å². The molecule has 1 heterocycles. The molecule has 1 saturated carbocycles. The van der Waals surface area contributed by atoms with Crippen molar-refractivity contribution in [2.24, 2.45) is 0 Å². The van der Waals surface area contributed by atoms with Gasteiger partial charge in [-0.25, -0.2) is 0 Å². The van der Waals surface area contributed by atoms with Gasteiger partial charge in [-0.1, -0.05) is 0 Å². The van der Waals surface area contributed by atoms with Crippen molar-refractivity contribution in [3.63, 3.8) is 0 Å². The molecule has 0 unspecified atom stereocenters. The van der Waals surface area contributed by atoms with E-state index in [1.807, 2.05) is 0 Å². The third kappa shape index (κ3) is 3.46. The maximum Gasteiger partial charge on any atom is 0.170 e. The Morgan fingerprint density at radius 2 is 1.61 bits per heavy atom. The molecule has 0 aromatic heterocycles. The molecule has 1 aliphatic carbocycles. The lowest BCUT2D eigenvalue weighted by molar-refractivity contribution is -0.255. The average molecular weight is 254 g/mol. The summed E-state index contributed by atoms with van der Waals surface area (Å²) >= 11 is 0. The number of piperidine rings is 1. The lowest BCUT2D eigenvalue weighted by Crippen LogP contribution is -2.51. The molecule has 0 amide bonds. The van der Waals surface area contributed by atoms with Gasteiger partial charge in [-0.3, -0.25) is 4.90 Å². The molecule has 0 aromatic carbocycles. The molecule has 3 nitrogen and oxygen atoms in total. The van der Waals surface area contributed by atoms with Crippen molar-refractivity contribution >= 4 is 0 Å². The summed E-state index contributed by atoms with van der Waals surface area (Å²) in [5, 5.41) is 0. The highest BCUT2D eigenvalue weighted by Gasteiger charge is 2.37. The first-order chi connectivity index (χ1) is 8.79. The molecule has 2 aliphatic rings. The highest BCUT2D eigenvalue weighted by molar-refractivity contribution is 4.88. The number of rotatable bonds is 5. The van der Waals surface area contributed by atoms with E-state index in [4.69, 9.17) is 9.47 Å². The summed E-state index contributed by atoms with van der Waals surface area (Å²) < 4.78 is 11.8. The standard InChI is InChI=1S/C15H28NO2/c1-3-17-15(18-4-2)10-12-16(13-11-15)14-8-6-5-7-9-14/h5,14H,3-4,6-13H2,1-2H3. The molecule has 1 radical (unpaired) electrons.